The predicted octanol–water partition coefficient (Wildman–Crippen LogP) is 3.88. The molecule has 2 aliphatic rings. The van der Waals surface area contributed by atoms with Gasteiger partial charge in [-0.15, -0.1) is 0 Å². The average molecular weight is 401 g/mol. The SMILES string of the molecule is C[C@H]1C[C@@](C)(c2noc([C@@H]3C[C@@H]3F)n2)CCN1C(=O)Nc1c(F)cccc1C#N. The van der Waals surface area contributed by atoms with Crippen LogP contribution in [0.15, 0.2) is 22.7 Å². The first kappa shape index (κ1) is 19.3. The number of carbonyl (C=O) groups excluding carboxylic acids is 1. The zero-order valence-corrected chi connectivity index (χ0v) is 16.2. The molecule has 2 amide bonds. The van der Waals surface area contributed by atoms with Gasteiger partial charge in [0.2, 0.25) is 5.89 Å². The van der Waals surface area contributed by atoms with Gasteiger partial charge in [0, 0.05) is 18.0 Å². The predicted molar refractivity (Wildman–Crippen MR) is 99.4 cm³/mol. The fraction of sp³-hybridized carbons (Fsp3) is 0.500. The molecule has 2 aromatic rings. The summed E-state index contributed by atoms with van der Waals surface area (Å²) >= 11 is 0. The minimum atomic E-state index is -0.905. The molecule has 1 saturated heterocycles. The van der Waals surface area contributed by atoms with E-state index < -0.39 is 23.4 Å². The maximum atomic E-state index is 14.1. The maximum Gasteiger partial charge on any atom is 0.322 e. The summed E-state index contributed by atoms with van der Waals surface area (Å²) in [5, 5.41) is 15.7. The van der Waals surface area contributed by atoms with Crippen LogP contribution in [0.2, 0.25) is 0 Å². The first-order valence-electron chi connectivity index (χ1n) is 9.57. The summed E-state index contributed by atoms with van der Waals surface area (Å²) in [4.78, 5) is 18.7. The molecule has 2 fully saturated rings. The second kappa shape index (κ2) is 7.10. The number of benzene rings is 1. The number of hydrogen-bond acceptors (Lipinski definition) is 5. The minimum absolute atomic E-state index is 0.0680. The van der Waals surface area contributed by atoms with Gasteiger partial charge in [-0.3, -0.25) is 0 Å². The first-order chi connectivity index (χ1) is 13.8. The van der Waals surface area contributed by atoms with Crippen LogP contribution in [0.3, 0.4) is 0 Å². The number of rotatable bonds is 3. The van der Waals surface area contributed by atoms with Crippen molar-refractivity contribution in [1.29, 1.82) is 5.26 Å². The van der Waals surface area contributed by atoms with Crippen LogP contribution in [-0.2, 0) is 5.41 Å². The van der Waals surface area contributed by atoms with Crippen molar-refractivity contribution in [3.8, 4) is 6.07 Å². The van der Waals surface area contributed by atoms with E-state index in [1.54, 1.807) is 4.90 Å². The highest BCUT2D eigenvalue weighted by Crippen LogP contribution is 2.44. The number of hydrogen-bond donors (Lipinski definition) is 1. The van der Waals surface area contributed by atoms with E-state index in [0.717, 1.165) is 0 Å². The molecule has 152 valence electrons. The summed E-state index contributed by atoms with van der Waals surface area (Å²) < 4.78 is 32.6. The van der Waals surface area contributed by atoms with Crippen molar-refractivity contribution >= 4 is 11.7 Å². The van der Waals surface area contributed by atoms with Crippen LogP contribution in [0.5, 0.6) is 0 Å². The molecule has 1 aromatic heterocycles. The number of carbonyl (C=O) groups is 1. The second-order valence-electron chi connectivity index (χ2n) is 8.08. The number of anilines is 1. The number of amides is 2. The Morgan fingerprint density at radius 2 is 2.24 bits per heavy atom. The Bertz CT molecular complexity index is 987. The summed E-state index contributed by atoms with van der Waals surface area (Å²) in [5.74, 6) is -0.0831. The molecule has 1 aliphatic heterocycles. The summed E-state index contributed by atoms with van der Waals surface area (Å²) in [6.07, 6.45) is 0.669. The Labute approximate surface area is 166 Å². The van der Waals surface area contributed by atoms with Crippen LogP contribution in [-0.4, -0.2) is 39.8 Å². The van der Waals surface area contributed by atoms with Gasteiger partial charge in [0.05, 0.1) is 17.2 Å². The Balaban J connectivity index is 1.46. The number of piperidine rings is 1. The Morgan fingerprint density at radius 3 is 2.90 bits per heavy atom. The van der Waals surface area contributed by atoms with Crippen molar-refractivity contribution in [2.45, 2.75) is 56.7 Å². The van der Waals surface area contributed by atoms with E-state index in [1.807, 2.05) is 19.9 Å². The van der Waals surface area contributed by atoms with E-state index >= 15 is 0 Å². The smallest absolute Gasteiger partial charge is 0.322 e. The molecule has 0 unspecified atom stereocenters. The molecule has 4 rings (SSSR count). The van der Waals surface area contributed by atoms with E-state index in [0.29, 0.717) is 37.5 Å². The fourth-order valence-corrected chi connectivity index (χ4v) is 3.93. The lowest BCUT2D eigenvalue weighted by Gasteiger charge is -2.42. The Morgan fingerprint density at radius 1 is 1.48 bits per heavy atom. The van der Waals surface area contributed by atoms with Crippen LogP contribution in [0, 0.1) is 17.1 Å². The van der Waals surface area contributed by atoms with Crippen LogP contribution in [0.25, 0.3) is 0 Å². The monoisotopic (exact) mass is 401 g/mol. The van der Waals surface area contributed by atoms with Crippen LogP contribution in [0.4, 0.5) is 19.3 Å². The quantitative estimate of drug-likeness (QED) is 0.842. The third-order valence-electron chi connectivity index (χ3n) is 5.82. The summed E-state index contributed by atoms with van der Waals surface area (Å²) in [6.45, 7) is 4.29. The molecule has 0 bridgehead atoms. The second-order valence-corrected chi connectivity index (χ2v) is 8.08. The summed E-state index contributed by atoms with van der Waals surface area (Å²) in [7, 11) is 0. The third-order valence-corrected chi connectivity index (χ3v) is 5.82. The molecule has 1 aliphatic carbocycles. The standard InChI is InChI=1S/C20H21F2N5O2/c1-11-9-20(2,18-25-17(29-26-18)13-8-15(13)22)6-7-27(11)19(28)24-16-12(10-23)4-3-5-14(16)21/h3-5,11,13,15H,6-9H2,1-2H3,(H,24,28)/t11-,13+,15-,20-/m0/s1. The maximum absolute atomic E-state index is 14.1. The van der Waals surface area contributed by atoms with Gasteiger partial charge < -0.3 is 14.7 Å². The topological polar surface area (TPSA) is 95.1 Å². The largest absolute Gasteiger partial charge is 0.339 e. The number of urea groups is 1. The van der Waals surface area contributed by atoms with Crippen molar-refractivity contribution < 1.29 is 18.1 Å². The molecular weight excluding hydrogens is 380 g/mol. The molecule has 1 aromatic carbocycles. The van der Waals surface area contributed by atoms with Crippen molar-refractivity contribution in [2.24, 2.45) is 0 Å². The van der Waals surface area contributed by atoms with Gasteiger partial charge in [0.15, 0.2) is 5.82 Å². The van der Waals surface area contributed by atoms with Crippen molar-refractivity contribution in [2.75, 3.05) is 11.9 Å². The zero-order valence-electron chi connectivity index (χ0n) is 16.2. The lowest BCUT2D eigenvalue weighted by molar-refractivity contribution is 0.129. The van der Waals surface area contributed by atoms with E-state index in [1.165, 1.54) is 18.2 Å². The minimum Gasteiger partial charge on any atom is -0.339 e. The highest BCUT2D eigenvalue weighted by molar-refractivity contribution is 5.91. The fourth-order valence-electron chi connectivity index (χ4n) is 3.93. The van der Waals surface area contributed by atoms with Crippen LogP contribution < -0.4 is 5.32 Å². The number of nitrogens with zero attached hydrogens (tertiary/aromatic N) is 4. The number of nitriles is 1. The highest BCUT2D eigenvalue weighted by atomic mass is 19.1. The molecule has 0 radical (unpaired) electrons. The van der Waals surface area contributed by atoms with Gasteiger partial charge in [-0.05, 0) is 38.3 Å². The zero-order chi connectivity index (χ0) is 20.8. The van der Waals surface area contributed by atoms with Crippen molar-refractivity contribution in [3.63, 3.8) is 0 Å². The lowest BCUT2D eigenvalue weighted by Crippen LogP contribution is -2.51. The molecule has 9 heteroatoms. The molecule has 4 atom stereocenters. The van der Waals surface area contributed by atoms with Gasteiger partial charge in [-0.25, -0.2) is 13.6 Å². The first-order valence-corrected chi connectivity index (χ1v) is 9.57. The number of nitrogens with one attached hydrogen (secondary N) is 1. The molecule has 29 heavy (non-hydrogen) atoms. The number of alkyl halides is 1. The Hall–Kier alpha value is -3.02. The van der Waals surface area contributed by atoms with Gasteiger partial charge in [0.25, 0.3) is 0 Å². The number of aromatic nitrogens is 2. The van der Waals surface area contributed by atoms with E-state index in [4.69, 9.17) is 9.78 Å². The molecule has 2 heterocycles. The molecule has 0 spiro atoms. The Kier molecular flexibility index (Phi) is 4.73. The van der Waals surface area contributed by atoms with Gasteiger partial charge in [0.1, 0.15) is 18.1 Å². The van der Waals surface area contributed by atoms with E-state index in [-0.39, 0.29) is 23.2 Å². The third kappa shape index (κ3) is 3.55. The van der Waals surface area contributed by atoms with Gasteiger partial charge in [-0.1, -0.05) is 18.1 Å². The summed E-state index contributed by atoms with van der Waals surface area (Å²) in [5.41, 5.74) is -0.457. The van der Waals surface area contributed by atoms with Crippen LogP contribution >= 0.6 is 0 Å². The molecule has 1 N–H and O–H groups in total. The number of likely N-dealkylation sites (tertiary alicyclic amines) is 1. The normalized spacial score (nSPS) is 28.7. The van der Waals surface area contributed by atoms with Crippen LogP contribution in [0.1, 0.15) is 56.3 Å². The average Bonchev–Trinajstić information content (AvgIpc) is 3.20. The molecule has 1 saturated carbocycles. The van der Waals surface area contributed by atoms with Gasteiger partial charge >= 0.3 is 6.03 Å². The van der Waals surface area contributed by atoms with Crippen molar-refractivity contribution in [1.82, 2.24) is 15.0 Å². The van der Waals surface area contributed by atoms with E-state index in [2.05, 4.69) is 15.5 Å². The van der Waals surface area contributed by atoms with Crippen molar-refractivity contribution in [3.05, 3.63) is 41.3 Å². The molecule has 7 nitrogen and oxygen atoms in total. The number of para-hydroxylation sites is 1. The number of halogens is 2. The van der Waals surface area contributed by atoms with Gasteiger partial charge in [-0.2, -0.15) is 10.2 Å². The van der Waals surface area contributed by atoms with E-state index in [9.17, 15) is 13.6 Å². The summed E-state index contributed by atoms with van der Waals surface area (Å²) in [6, 6.07) is 5.31. The lowest BCUT2D eigenvalue weighted by atomic mass is 9.76. The molecular formula is C20H21F2N5O2. The highest BCUT2D eigenvalue weighted by Gasteiger charge is 2.46.